The van der Waals surface area contributed by atoms with Crippen LogP contribution in [0.1, 0.15) is 30.9 Å². The molecule has 21 heavy (non-hydrogen) atoms. The lowest BCUT2D eigenvalue weighted by Crippen LogP contribution is -2.35. The number of carboxylic acids is 1. The third kappa shape index (κ3) is 3.94. The normalized spacial score (nSPS) is 11.3. The maximum atomic E-state index is 12.0. The summed E-state index contributed by atoms with van der Waals surface area (Å²) < 4.78 is 0. The number of benzene rings is 2. The van der Waals surface area contributed by atoms with Crippen molar-refractivity contribution < 1.29 is 9.90 Å². The Bertz CT molecular complexity index is 519. The van der Waals surface area contributed by atoms with Gasteiger partial charge in [0.05, 0.1) is 5.41 Å². The number of hydrogen-bond acceptors (Lipinski definition) is 1. The summed E-state index contributed by atoms with van der Waals surface area (Å²) in [5, 5.41) is 9.88. The molecule has 2 nitrogen and oxygen atoms in total. The molecule has 2 heteroatoms. The Kier molecular flexibility index (Phi) is 5.15. The fourth-order valence-electron chi connectivity index (χ4n) is 2.95. The molecular formula is C19H22O2. The van der Waals surface area contributed by atoms with Crippen molar-refractivity contribution in [1.29, 1.82) is 0 Å². The van der Waals surface area contributed by atoms with Crippen LogP contribution in [0.4, 0.5) is 0 Å². The fourth-order valence-corrected chi connectivity index (χ4v) is 2.95. The highest BCUT2D eigenvalue weighted by Crippen LogP contribution is 2.33. The van der Waals surface area contributed by atoms with Gasteiger partial charge in [0.1, 0.15) is 0 Å². The van der Waals surface area contributed by atoms with Crippen LogP contribution >= 0.6 is 0 Å². The van der Waals surface area contributed by atoms with Crippen LogP contribution in [-0.4, -0.2) is 11.1 Å². The van der Waals surface area contributed by atoms with Crippen molar-refractivity contribution in [2.45, 2.75) is 32.6 Å². The van der Waals surface area contributed by atoms with Crippen molar-refractivity contribution in [1.82, 2.24) is 0 Å². The molecule has 0 amide bonds. The Morgan fingerprint density at radius 1 is 0.905 bits per heavy atom. The minimum Gasteiger partial charge on any atom is -0.481 e. The second-order valence-electron chi connectivity index (χ2n) is 5.66. The first-order valence-electron chi connectivity index (χ1n) is 7.47. The van der Waals surface area contributed by atoms with Crippen LogP contribution in [0.3, 0.4) is 0 Å². The van der Waals surface area contributed by atoms with Crippen LogP contribution in [0.15, 0.2) is 60.7 Å². The van der Waals surface area contributed by atoms with Gasteiger partial charge in [0, 0.05) is 0 Å². The third-order valence-electron chi connectivity index (χ3n) is 3.95. The quantitative estimate of drug-likeness (QED) is 0.820. The molecule has 0 radical (unpaired) electrons. The molecule has 0 atom stereocenters. The largest absolute Gasteiger partial charge is 0.481 e. The van der Waals surface area contributed by atoms with E-state index in [9.17, 15) is 9.90 Å². The molecular weight excluding hydrogens is 260 g/mol. The van der Waals surface area contributed by atoms with Gasteiger partial charge in [-0.05, 0) is 30.4 Å². The van der Waals surface area contributed by atoms with Gasteiger partial charge in [0.15, 0.2) is 0 Å². The molecule has 0 saturated carbocycles. The number of carboxylic acid groups (broad SMARTS) is 1. The van der Waals surface area contributed by atoms with Crippen LogP contribution in [-0.2, 0) is 17.6 Å². The minimum absolute atomic E-state index is 0.575. The van der Waals surface area contributed by atoms with Gasteiger partial charge in [0.2, 0.25) is 0 Å². The standard InChI is InChI=1S/C19H22O2/c1-2-13-19(18(20)21,14-16-9-5-3-6-10-16)15-17-11-7-4-8-12-17/h3-12H,2,13-15H2,1H3,(H,20,21). The van der Waals surface area contributed by atoms with Gasteiger partial charge in [-0.15, -0.1) is 0 Å². The summed E-state index contributed by atoms with van der Waals surface area (Å²) in [6, 6.07) is 19.8. The van der Waals surface area contributed by atoms with Gasteiger partial charge in [-0.25, -0.2) is 0 Å². The SMILES string of the molecule is CCCC(Cc1ccccc1)(Cc1ccccc1)C(=O)O. The van der Waals surface area contributed by atoms with Gasteiger partial charge in [-0.1, -0.05) is 74.0 Å². The van der Waals surface area contributed by atoms with Gasteiger partial charge in [-0.3, -0.25) is 4.79 Å². The zero-order chi connectivity index (χ0) is 15.1. The summed E-state index contributed by atoms with van der Waals surface area (Å²) in [4.78, 5) is 12.0. The monoisotopic (exact) mass is 282 g/mol. The molecule has 0 saturated heterocycles. The Morgan fingerprint density at radius 2 is 1.33 bits per heavy atom. The summed E-state index contributed by atoms with van der Waals surface area (Å²) in [6.07, 6.45) is 2.70. The van der Waals surface area contributed by atoms with E-state index in [1.165, 1.54) is 0 Å². The predicted molar refractivity (Wildman–Crippen MR) is 85.3 cm³/mol. The second-order valence-corrected chi connectivity index (χ2v) is 5.66. The third-order valence-corrected chi connectivity index (χ3v) is 3.95. The molecule has 0 aliphatic heterocycles. The molecule has 0 aromatic heterocycles. The van der Waals surface area contributed by atoms with Gasteiger partial charge in [0.25, 0.3) is 0 Å². The molecule has 110 valence electrons. The molecule has 2 aromatic rings. The Morgan fingerprint density at radius 3 is 1.67 bits per heavy atom. The molecule has 0 bridgehead atoms. The minimum atomic E-state index is -0.725. The summed E-state index contributed by atoms with van der Waals surface area (Å²) in [5.41, 5.74) is 1.45. The number of rotatable bonds is 7. The maximum absolute atomic E-state index is 12.0. The summed E-state index contributed by atoms with van der Waals surface area (Å²) in [7, 11) is 0. The van der Waals surface area contributed by atoms with E-state index in [0.717, 1.165) is 17.5 Å². The number of aliphatic carboxylic acids is 1. The highest BCUT2D eigenvalue weighted by molar-refractivity contribution is 5.75. The molecule has 2 aromatic carbocycles. The molecule has 0 aliphatic carbocycles. The van der Waals surface area contributed by atoms with Crippen LogP contribution in [0.25, 0.3) is 0 Å². The predicted octanol–water partition coefficient (Wildman–Crippen LogP) is 4.34. The number of carbonyl (C=O) groups is 1. The van der Waals surface area contributed by atoms with E-state index in [-0.39, 0.29) is 0 Å². The first kappa shape index (κ1) is 15.3. The van der Waals surface area contributed by atoms with Crippen molar-refractivity contribution in [3.8, 4) is 0 Å². The lowest BCUT2D eigenvalue weighted by molar-refractivity contribution is -0.149. The van der Waals surface area contributed by atoms with Crippen LogP contribution in [0.2, 0.25) is 0 Å². The smallest absolute Gasteiger partial charge is 0.310 e. The molecule has 2 rings (SSSR count). The van der Waals surface area contributed by atoms with Crippen molar-refractivity contribution in [3.05, 3.63) is 71.8 Å². The van der Waals surface area contributed by atoms with E-state index in [0.29, 0.717) is 19.3 Å². The average molecular weight is 282 g/mol. The van der Waals surface area contributed by atoms with Crippen LogP contribution in [0.5, 0.6) is 0 Å². The fraction of sp³-hybridized carbons (Fsp3) is 0.316. The van der Waals surface area contributed by atoms with E-state index in [1.807, 2.05) is 67.6 Å². The first-order valence-corrected chi connectivity index (χ1v) is 7.47. The van der Waals surface area contributed by atoms with E-state index in [4.69, 9.17) is 0 Å². The van der Waals surface area contributed by atoms with Crippen LogP contribution < -0.4 is 0 Å². The Hall–Kier alpha value is -2.09. The summed E-state index contributed by atoms with van der Waals surface area (Å²) in [6.45, 7) is 2.05. The highest BCUT2D eigenvalue weighted by atomic mass is 16.4. The molecule has 1 N–H and O–H groups in total. The van der Waals surface area contributed by atoms with Crippen LogP contribution in [0, 0.1) is 5.41 Å². The molecule has 0 spiro atoms. The van der Waals surface area contributed by atoms with Crippen molar-refractivity contribution >= 4 is 5.97 Å². The maximum Gasteiger partial charge on any atom is 0.310 e. The van der Waals surface area contributed by atoms with Crippen molar-refractivity contribution in [3.63, 3.8) is 0 Å². The van der Waals surface area contributed by atoms with E-state index < -0.39 is 11.4 Å². The van der Waals surface area contributed by atoms with Crippen molar-refractivity contribution in [2.24, 2.45) is 5.41 Å². The number of hydrogen-bond donors (Lipinski definition) is 1. The molecule has 0 aliphatic rings. The molecule has 0 unspecified atom stereocenters. The lowest BCUT2D eigenvalue weighted by Gasteiger charge is -2.29. The molecule has 0 heterocycles. The van der Waals surface area contributed by atoms with E-state index in [1.54, 1.807) is 0 Å². The highest BCUT2D eigenvalue weighted by Gasteiger charge is 2.37. The Labute approximate surface area is 126 Å². The van der Waals surface area contributed by atoms with Gasteiger partial charge < -0.3 is 5.11 Å². The lowest BCUT2D eigenvalue weighted by atomic mass is 9.73. The van der Waals surface area contributed by atoms with Gasteiger partial charge in [-0.2, -0.15) is 0 Å². The summed E-state index contributed by atoms with van der Waals surface area (Å²) in [5.74, 6) is -0.697. The zero-order valence-corrected chi connectivity index (χ0v) is 12.5. The summed E-state index contributed by atoms with van der Waals surface area (Å²) >= 11 is 0. The van der Waals surface area contributed by atoms with E-state index >= 15 is 0 Å². The Balaban J connectivity index is 2.31. The molecule has 0 fully saturated rings. The topological polar surface area (TPSA) is 37.3 Å². The van der Waals surface area contributed by atoms with Gasteiger partial charge >= 0.3 is 5.97 Å². The first-order chi connectivity index (χ1) is 10.2. The van der Waals surface area contributed by atoms with Crippen molar-refractivity contribution in [2.75, 3.05) is 0 Å². The zero-order valence-electron chi connectivity index (χ0n) is 12.5. The van der Waals surface area contributed by atoms with E-state index in [2.05, 4.69) is 0 Å². The second kappa shape index (κ2) is 7.07. The average Bonchev–Trinajstić information content (AvgIpc) is 2.49.